The minimum absolute atomic E-state index is 0.0669. The van der Waals surface area contributed by atoms with Gasteiger partial charge in [-0.1, -0.05) is 68.4 Å². The molecule has 206 valence electrons. The van der Waals surface area contributed by atoms with E-state index in [0.29, 0.717) is 41.2 Å². The van der Waals surface area contributed by atoms with Gasteiger partial charge in [-0.05, 0) is 47.7 Å². The number of nitrogens with one attached hydrogen (secondary N) is 1. The number of rotatable bonds is 5. The second kappa shape index (κ2) is 10.2. The lowest BCUT2D eigenvalue weighted by Gasteiger charge is -2.36. The molecule has 0 radical (unpaired) electrons. The first-order valence-electron chi connectivity index (χ1n) is 13.5. The number of Topliss-reactive ketones (excluding diaryl/α,β-unsaturated/α-hetero) is 1. The Labute approximate surface area is 237 Å². The first kappa shape index (κ1) is 26.3. The van der Waals surface area contributed by atoms with Crippen molar-refractivity contribution in [2.75, 3.05) is 10.2 Å². The molecule has 0 saturated carbocycles. The Bertz CT molecular complexity index is 1700. The van der Waals surface area contributed by atoms with Gasteiger partial charge in [0.15, 0.2) is 5.78 Å². The Balaban J connectivity index is 1.55. The summed E-state index contributed by atoms with van der Waals surface area (Å²) in [7, 11) is 0. The van der Waals surface area contributed by atoms with Crippen LogP contribution in [0.4, 0.5) is 17.1 Å². The third-order valence-corrected chi connectivity index (χ3v) is 7.63. The number of amides is 1. The van der Waals surface area contributed by atoms with Crippen LogP contribution in [-0.4, -0.2) is 16.6 Å². The summed E-state index contributed by atoms with van der Waals surface area (Å²) >= 11 is 0. The summed E-state index contributed by atoms with van der Waals surface area (Å²) in [6.07, 6.45) is 1.04. The van der Waals surface area contributed by atoms with Crippen molar-refractivity contribution in [2.24, 2.45) is 5.41 Å². The first-order chi connectivity index (χ1) is 19.7. The van der Waals surface area contributed by atoms with Crippen LogP contribution in [0.2, 0.25) is 0 Å². The largest absolute Gasteiger partial charge is 0.458 e. The molecule has 0 saturated heterocycles. The number of nitro benzene ring substituents is 1. The molecular formula is C33H29N3O5. The van der Waals surface area contributed by atoms with E-state index in [1.54, 1.807) is 35.2 Å². The molecule has 0 fully saturated rings. The van der Waals surface area contributed by atoms with E-state index in [4.69, 9.17) is 4.42 Å². The second-order valence-corrected chi connectivity index (χ2v) is 11.3. The summed E-state index contributed by atoms with van der Waals surface area (Å²) in [4.78, 5) is 41.1. The lowest BCUT2D eigenvalue weighted by Crippen LogP contribution is -2.40. The van der Waals surface area contributed by atoms with E-state index in [1.165, 1.54) is 6.07 Å². The predicted molar refractivity (Wildman–Crippen MR) is 156 cm³/mol. The van der Waals surface area contributed by atoms with Gasteiger partial charge in [0.2, 0.25) is 5.91 Å². The number of nitrogens with zero attached hydrogens (tertiary/aromatic N) is 2. The van der Waals surface area contributed by atoms with Crippen molar-refractivity contribution in [2.45, 2.75) is 39.2 Å². The molecule has 2 aliphatic rings. The van der Waals surface area contributed by atoms with Crippen LogP contribution in [0.5, 0.6) is 0 Å². The number of carbonyl (C=O) groups excluding carboxylic acids is 2. The highest BCUT2D eigenvalue weighted by Crippen LogP contribution is 2.49. The van der Waals surface area contributed by atoms with Crippen molar-refractivity contribution in [1.29, 1.82) is 0 Å². The number of anilines is 2. The van der Waals surface area contributed by atoms with Crippen LogP contribution in [0, 0.1) is 15.5 Å². The number of para-hydroxylation sites is 3. The molecule has 2 heterocycles. The third kappa shape index (κ3) is 4.93. The maximum atomic E-state index is 14.2. The van der Waals surface area contributed by atoms with Crippen molar-refractivity contribution in [3.63, 3.8) is 0 Å². The molecule has 1 amide bonds. The van der Waals surface area contributed by atoms with E-state index in [0.717, 1.165) is 16.9 Å². The van der Waals surface area contributed by atoms with Crippen LogP contribution >= 0.6 is 0 Å². The normalized spacial score (nSPS) is 17.8. The third-order valence-electron chi connectivity index (χ3n) is 7.63. The number of hydrogen-bond donors (Lipinski definition) is 1. The Morgan fingerprint density at radius 2 is 1.68 bits per heavy atom. The summed E-state index contributed by atoms with van der Waals surface area (Å²) in [5, 5.41) is 15.2. The zero-order valence-corrected chi connectivity index (χ0v) is 22.8. The van der Waals surface area contributed by atoms with Crippen molar-refractivity contribution in [3.8, 4) is 11.3 Å². The molecule has 41 heavy (non-hydrogen) atoms. The van der Waals surface area contributed by atoms with Crippen LogP contribution in [0.25, 0.3) is 11.3 Å². The van der Waals surface area contributed by atoms with Gasteiger partial charge in [0, 0.05) is 23.8 Å². The molecule has 1 aromatic heterocycles. The van der Waals surface area contributed by atoms with Crippen molar-refractivity contribution >= 4 is 28.8 Å². The highest BCUT2D eigenvalue weighted by Gasteiger charge is 2.44. The second-order valence-electron chi connectivity index (χ2n) is 11.3. The lowest BCUT2D eigenvalue weighted by atomic mass is 9.74. The predicted octanol–water partition coefficient (Wildman–Crippen LogP) is 7.24. The fourth-order valence-electron chi connectivity index (χ4n) is 5.87. The van der Waals surface area contributed by atoms with Crippen LogP contribution in [0.15, 0.2) is 107 Å². The molecule has 1 unspecified atom stereocenters. The average Bonchev–Trinajstić information content (AvgIpc) is 3.37. The summed E-state index contributed by atoms with van der Waals surface area (Å²) < 4.78 is 6.34. The Hall–Kier alpha value is -4.98. The van der Waals surface area contributed by atoms with Gasteiger partial charge < -0.3 is 9.73 Å². The number of allylic oxidation sites excluding steroid dienone is 1. The smallest absolute Gasteiger partial charge is 0.280 e. The van der Waals surface area contributed by atoms with Gasteiger partial charge in [-0.2, -0.15) is 0 Å². The summed E-state index contributed by atoms with van der Waals surface area (Å²) in [6, 6.07) is 25.8. The number of hydrogen-bond acceptors (Lipinski definition) is 6. The minimum Gasteiger partial charge on any atom is -0.458 e. The summed E-state index contributed by atoms with van der Waals surface area (Å²) in [5.41, 5.74) is 3.38. The van der Waals surface area contributed by atoms with E-state index in [1.807, 2.05) is 54.6 Å². The number of benzene rings is 3. The number of fused-ring (bicyclic) bond motifs is 1. The van der Waals surface area contributed by atoms with Crippen LogP contribution in [0.1, 0.15) is 44.1 Å². The average molecular weight is 548 g/mol. The highest BCUT2D eigenvalue weighted by atomic mass is 16.6. The van der Waals surface area contributed by atoms with Crippen LogP contribution < -0.4 is 10.2 Å². The molecule has 8 nitrogen and oxygen atoms in total. The maximum Gasteiger partial charge on any atom is 0.280 e. The molecule has 4 aromatic rings. The molecule has 1 N–H and O–H groups in total. The first-order valence-corrected chi connectivity index (χ1v) is 13.5. The number of carbonyl (C=O) groups is 2. The van der Waals surface area contributed by atoms with Crippen LogP contribution in [-0.2, 0) is 16.0 Å². The number of nitro groups is 1. The monoisotopic (exact) mass is 547 g/mol. The van der Waals surface area contributed by atoms with Gasteiger partial charge >= 0.3 is 0 Å². The van der Waals surface area contributed by atoms with Gasteiger partial charge in [-0.3, -0.25) is 24.6 Å². The molecule has 8 heteroatoms. The molecule has 1 atom stereocenters. The van der Waals surface area contributed by atoms with E-state index in [9.17, 15) is 19.7 Å². The van der Waals surface area contributed by atoms with Gasteiger partial charge in [0.05, 0.1) is 28.3 Å². The lowest BCUT2D eigenvalue weighted by molar-refractivity contribution is -0.384. The van der Waals surface area contributed by atoms with Crippen LogP contribution in [0.3, 0.4) is 0 Å². The van der Waals surface area contributed by atoms with E-state index < -0.39 is 11.0 Å². The molecule has 6 rings (SSSR count). The molecule has 0 spiro atoms. The molecule has 1 aliphatic heterocycles. The standard InChI is InChI=1S/C33H29N3O5/c1-33(2)19-24-31(27(37)20-33)32(29-17-16-28(41-29)22-12-6-8-14-25(22)36(39)40)35(26-15-9-7-13-23(26)34-24)30(38)18-21-10-4-3-5-11-21/h3-17,32,34H,18-20H2,1-2H3. The van der Waals surface area contributed by atoms with E-state index >= 15 is 0 Å². The van der Waals surface area contributed by atoms with E-state index in [-0.39, 0.29) is 29.2 Å². The highest BCUT2D eigenvalue weighted by molar-refractivity contribution is 6.06. The maximum absolute atomic E-state index is 14.2. The fourth-order valence-corrected chi connectivity index (χ4v) is 5.87. The molecular weight excluding hydrogens is 518 g/mol. The summed E-state index contributed by atoms with van der Waals surface area (Å²) in [6.45, 7) is 4.11. The SMILES string of the molecule is CC1(C)CC(=O)C2=C(C1)Nc1ccccc1N(C(=O)Cc1ccccc1)C2c1ccc(-c2ccccc2[N+](=O)[O-])o1. The Morgan fingerprint density at radius 3 is 2.46 bits per heavy atom. The van der Waals surface area contributed by atoms with Crippen molar-refractivity contribution in [3.05, 3.63) is 124 Å². The number of furan rings is 1. The van der Waals surface area contributed by atoms with Gasteiger partial charge in [0.1, 0.15) is 17.6 Å². The zero-order chi connectivity index (χ0) is 28.7. The molecule has 0 bridgehead atoms. The fraction of sp³-hybridized carbons (Fsp3) is 0.212. The number of ketones is 1. The molecule has 1 aliphatic carbocycles. The van der Waals surface area contributed by atoms with E-state index in [2.05, 4.69) is 19.2 Å². The van der Waals surface area contributed by atoms with Crippen molar-refractivity contribution < 1.29 is 18.9 Å². The summed E-state index contributed by atoms with van der Waals surface area (Å²) in [5.74, 6) is 0.380. The topological polar surface area (TPSA) is 106 Å². The van der Waals surface area contributed by atoms with Gasteiger partial charge in [-0.15, -0.1) is 0 Å². The minimum atomic E-state index is -0.863. The van der Waals surface area contributed by atoms with Gasteiger partial charge in [-0.25, -0.2) is 0 Å². The van der Waals surface area contributed by atoms with Gasteiger partial charge in [0.25, 0.3) is 5.69 Å². The Kier molecular flexibility index (Phi) is 6.53. The molecule has 3 aromatic carbocycles. The Morgan fingerprint density at radius 1 is 0.976 bits per heavy atom. The zero-order valence-electron chi connectivity index (χ0n) is 22.8. The quantitative estimate of drug-likeness (QED) is 0.209. The van der Waals surface area contributed by atoms with Crippen molar-refractivity contribution in [1.82, 2.24) is 0 Å².